The van der Waals surface area contributed by atoms with E-state index >= 15 is 0 Å². The molecular weight excluding hydrogens is 406 g/mol. The maximum absolute atomic E-state index is 12.8. The molecule has 2 aromatic rings. The quantitative estimate of drug-likeness (QED) is 0.368. The zero-order valence-corrected chi connectivity index (χ0v) is 18.5. The molecule has 0 bridgehead atoms. The molecular formula is C25H33N3O4. The molecule has 1 saturated heterocycles. The van der Waals surface area contributed by atoms with Crippen LogP contribution in [-0.4, -0.2) is 46.3 Å². The summed E-state index contributed by atoms with van der Waals surface area (Å²) in [6.45, 7) is 2.14. The Balaban J connectivity index is 1.64. The minimum Gasteiger partial charge on any atom is -0.479 e. The lowest BCUT2D eigenvalue weighted by Gasteiger charge is -2.22. The van der Waals surface area contributed by atoms with Crippen molar-refractivity contribution in [2.24, 2.45) is 0 Å². The van der Waals surface area contributed by atoms with Gasteiger partial charge in [0.15, 0.2) is 6.10 Å². The second-order valence-corrected chi connectivity index (χ2v) is 8.48. The number of carboxylic acid groups (broad SMARTS) is 1. The molecule has 1 fully saturated rings. The minimum absolute atomic E-state index is 0.0546. The second-order valence-electron chi connectivity index (χ2n) is 8.48. The third-order valence-corrected chi connectivity index (χ3v) is 5.89. The lowest BCUT2D eigenvalue weighted by atomic mass is 9.97. The fourth-order valence-corrected chi connectivity index (χ4v) is 4.05. The Bertz CT molecular complexity index is 873. The number of nitrogens with one attached hydrogen (secondary N) is 3. The third kappa shape index (κ3) is 6.88. The van der Waals surface area contributed by atoms with Crippen LogP contribution in [0.2, 0.25) is 0 Å². The van der Waals surface area contributed by atoms with Crippen molar-refractivity contribution in [1.82, 2.24) is 16.2 Å². The predicted molar refractivity (Wildman–Crippen MR) is 124 cm³/mol. The number of carboxylic acids is 1. The first-order valence-electron chi connectivity index (χ1n) is 11.3. The van der Waals surface area contributed by atoms with Gasteiger partial charge in [-0.2, -0.15) is 0 Å². The van der Waals surface area contributed by atoms with Crippen molar-refractivity contribution in [2.75, 3.05) is 0 Å². The number of unbranched alkanes of at least 4 members (excludes halogenated alkanes) is 1. The van der Waals surface area contributed by atoms with Gasteiger partial charge in [0.25, 0.3) is 0 Å². The van der Waals surface area contributed by atoms with Crippen LogP contribution >= 0.6 is 0 Å². The number of rotatable bonds is 11. The van der Waals surface area contributed by atoms with Gasteiger partial charge in [0.05, 0.1) is 0 Å². The van der Waals surface area contributed by atoms with E-state index in [4.69, 9.17) is 5.11 Å². The minimum atomic E-state index is -1.53. The van der Waals surface area contributed by atoms with Crippen LogP contribution in [0.25, 0.3) is 11.1 Å². The lowest BCUT2D eigenvalue weighted by Crippen LogP contribution is -2.49. The monoisotopic (exact) mass is 439 g/mol. The highest BCUT2D eigenvalue weighted by Gasteiger charge is 2.31. The third-order valence-electron chi connectivity index (χ3n) is 5.89. The molecule has 1 heterocycles. The molecule has 0 spiro atoms. The Labute approximate surface area is 189 Å². The molecule has 0 aromatic heterocycles. The number of aliphatic carboxylic acids is 1. The number of hydrogen-bond acceptors (Lipinski definition) is 5. The molecule has 172 valence electrons. The number of hydrazine groups is 1. The molecule has 1 aliphatic rings. The predicted octanol–water partition coefficient (Wildman–Crippen LogP) is 2.64. The summed E-state index contributed by atoms with van der Waals surface area (Å²) >= 11 is 0. The molecule has 7 nitrogen and oxygen atoms in total. The first-order valence-corrected chi connectivity index (χ1v) is 11.3. The van der Waals surface area contributed by atoms with Crippen LogP contribution in [0.1, 0.15) is 44.6 Å². The molecule has 1 amide bonds. The Kier molecular flexibility index (Phi) is 8.79. The van der Waals surface area contributed by atoms with E-state index in [0.717, 1.165) is 36.0 Å². The summed E-state index contributed by atoms with van der Waals surface area (Å²) in [6.07, 6.45) is 2.74. The number of benzene rings is 2. The number of aliphatic hydroxyl groups excluding tert-OH is 1. The summed E-state index contributed by atoms with van der Waals surface area (Å²) in [5.74, 6) is -1.47. The van der Waals surface area contributed by atoms with Gasteiger partial charge in [-0.05, 0) is 36.0 Å². The van der Waals surface area contributed by atoms with Crippen LogP contribution in [-0.2, 0) is 16.0 Å². The van der Waals surface area contributed by atoms with E-state index in [9.17, 15) is 14.7 Å². The van der Waals surface area contributed by atoms with Crippen LogP contribution in [0.3, 0.4) is 0 Å². The van der Waals surface area contributed by atoms with Gasteiger partial charge in [0, 0.05) is 18.5 Å². The molecule has 32 heavy (non-hydrogen) atoms. The molecule has 0 saturated carbocycles. The number of aliphatic hydroxyl groups is 1. The van der Waals surface area contributed by atoms with E-state index in [1.807, 2.05) is 54.6 Å². The largest absolute Gasteiger partial charge is 0.479 e. The van der Waals surface area contributed by atoms with Crippen LogP contribution in [0.4, 0.5) is 0 Å². The summed E-state index contributed by atoms with van der Waals surface area (Å²) in [5.41, 5.74) is 9.38. The van der Waals surface area contributed by atoms with Gasteiger partial charge in [-0.15, -0.1) is 0 Å². The van der Waals surface area contributed by atoms with Gasteiger partial charge in [-0.1, -0.05) is 74.4 Å². The van der Waals surface area contributed by atoms with Crippen molar-refractivity contribution < 1.29 is 19.8 Å². The molecule has 3 rings (SSSR count). The summed E-state index contributed by atoms with van der Waals surface area (Å²) in [4.78, 5) is 24.0. The lowest BCUT2D eigenvalue weighted by molar-refractivity contribution is -0.147. The highest BCUT2D eigenvalue weighted by molar-refractivity contribution is 5.82. The van der Waals surface area contributed by atoms with Gasteiger partial charge in [-0.3, -0.25) is 10.2 Å². The molecule has 7 heteroatoms. The molecule has 0 radical (unpaired) electrons. The topological polar surface area (TPSA) is 111 Å². The van der Waals surface area contributed by atoms with Gasteiger partial charge >= 0.3 is 5.97 Å². The van der Waals surface area contributed by atoms with Crippen LogP contribution < -0.4 is 16.2 Å². The van der Waals surface area contributed by atoms with Crippen molar-refractivity contribution in [3.05, 3.63) is 60.2 Å². The Morgan fingerprint density at radius 2 is 1.75 bits per heavy atom. The second kappa shape index (κ2) is 11.8. The Morgan fingerprint density at radius 3 is 2.41 bits per heavy atom. The van der Waals surface area contributed by atoms with Crippen LogP contribution in [0, 0.1) is 0 Å². The van der Waals surface area contributed by atoms with Crippen molar-refractivity contribution in [1.29, 1.82) is 0 Å². The summed E-state index contributed by atoms with van der Waals surface area (Å²) in [5, 5.41) is 22.0. The SMILES string of the molecule is CCCCC1CC(C(=O)NC(Cc2ccc(-c3ccccc3)cc2)C[C@@H](O)C(=O)O)NN1. The summed E-state index contributed by atoms with van der Waals surface area (Å²) in [7, 11) is 0. The van der Waals surface area contributed by atoms with Gasteiger partial charge < -0.3 is 15.5 Å². The standard InChI is InChI=1S/C25H33N3O4/c1-2-3-9-20-15-22(28-27-20)24(30)26-21(16-23(29)25(31)32)14-17-10-12-19(13-11-17)18-7-5-4-6-8-18/h4-8,10-13,20-23,27-29H,2-3,9,14-16H2,1H3,(H,26,30)(H,31,32)/t20?,21?,22?,23-/m1/s1. The smallest absolute Gasteiger partial charge is 0.332 e. The average Bonchev–Trinajstić information content (AvgIpc) is 3.28. The summed E-state index contributed by atoms with van der Waals surface area (Å²) in [6, 6.07) is 17.4. The van der Waals surface area contributed by atoms with Crippen molar-refractivity contribution in [3.63, 3.8) is 0 Å². The number of carbonyl (C=O) groups excluding carboxylic acids is 1. The molecule has 2 aromatic carbocycles. The maximum Gasteiger partial charge on any atom is 0.332 e. The summed E-state index contributed by atoms with van der Waals surface area (Å²) < 4.78 is 0. The van der Waals surface area contributed by atoms with E-state index in [-0.39, 0.29) is 24.4 Å². The zero-order valence-electron chi connectivity index (χ0n) is 18.5. The van der Waals surface area contributed by atoms with E-state index in [1.165, 1.54) is 0 Å². The molecule has 1 aliphatic heterocycles. The van der Waals surface area contributed by atoms with Crippen LogP contribution in [0.5, 0.6) is 0 Å². The van der Waals surface area contributed by atoms with E-state index in [0.29, 0.717) is 12.8 Å². The zero-order chi connectivity index (χ0) is 22.9. The van der Waals surface area contributed by atoms with Crippen LogP contribution in [0.15, 0.2) is 54.6 Å². The fourth-order valence-electron chi connectivity index (χ4n) is 4.05. The van der Waals surface area contributed by atoms with Crippen molar-refractivity contribution in [2.45, 2.75) is 69.7 Å². The molecule has 3 unspecified atom stereocenters. The Morgan fingerprint density at radius 1 is 1.06 bits per heavy atom. The normalized spacial score (nSPS) is 19.9. The van der Waals surface area contributed by atoms with Gasteiger partial charge in [0.1, 0.15) is 6.04 Å². The van der Waals surface area contributed by atoms with E-state index in [2.05, 4.69) is 23.1 Å². The van der Waals surface area contributed by atoms with Gasteiger partial charge in [-0.25, -0.2) is 10.2 Å². The fraction of sp³-hybridized carbons (Fsp3) is 0.440. The number of carbonyl (C=O) groups is 2. The highest BCUT2D eigenvalue weighted by Crippen LogP contribution is 2.20. The first kappa shape index (κ1) is 23.9. The Hall–Kier alpha value is -2.74. The van der Waals surface area contributed by atoms with E-state index < -0.39 is 18.1 Å². The van der Waals surface area contributed by atoms with E-state index in [1.54, 1.807) is 0 Å². The highest BCUT2D eigenvalue weighted by atomic mass is 16.4. The maximum atomic E-state index is 12.8. The van der Waals surface area contributed by atoms with Gasteiger partial charge in [0.2, 0.25) is 5.91 Å². The molecule has 0 aliphatic carbocycles. The first-order chi connectivity index (χ1) is 15.5. The molecule has 4 atom stereocenters. The molecule has 5 N–H and O–H groups in total. The number of hydrogen-bond donors (Lipinski definition) is 5. The number of amides is 1. The van der Waals surface area contributed by atoms with Crippen molar-refractivity contribution in [3.8, 4) is 11.1 Å². The average molecular weight is 440 g/mol. The van der Waals surface area contributed by atoms with Crippen molar-refractivity contribution >= 4 is 11.9 Å².